The van der Waals surface area contributed by atoms with Crippen LogP contribution in [0.5, 0.6) is 0 Å². The first-order valence-corrected chi connectivity index (χ1v) is 17.6. The van der Waals surface area contributed by atoms with Gasteiger partial charge in [0.05, 0.1) is 0 Å². The summed E-state index contributed by atoms with van der Waals surface area (Å²) in [6.07, 6.45) is 11.3. The summed E-state index contributed by atoms with van der Waals surface area (Å²) in [6.45, 7) is 11.8. The zero-order chi connectivity index (χ0) is 27.8. The van der Waals surface area contributed by atoms with E-state index >= 15 is 0 Å². The van der Waals surface area contributed by atoms with E-state index < -0.39 is 22.8 Å². The fraction of sp³-hybridized carbons (Fsp3) is 0.256. The van der Waals surface area contributed by atoms with Crippen molar-refractivity contribution in [3.05, 3.63) is 147 Å². The molecule has 1 unspecified atom stereocenters. The molecule has 3 heteroatoms. The van der Waals surface area contributed by atoms with Gasteiger partial charge >= 0.3 is 253 Å². The predicted molar refractivity (Wildman–Crippen MR) is 169 cm³/mol. The SMILES string of the molecule is CCc1cc(C)cc2c1-c1c(CC)c(CC)c(C)c(C3=CC=CC3)c1[CH]2[Zr+2]=[C](c1ccccc1)c1ccccc1.[Cl-].[Cl-]. The summed E-state index contributed by atoms with van der Waals surface area (Å²) in [7, 11) is 0. The smallest absolute Gasteiger partial charge is 1.00 e. The van der Waals surface area contributed by atoms with Crippen LogP contribution >= 0.6 is 0 Å². The topological polar surface area (TPSA) is 0 Å². The molecule has 0 bridgehead atoms. The minimum Gasteiger partial charge on any atom is -1.00 e. The third-order valence-electron chi connectivity index (χ3n) is 8.87. The van der Waals surface area contributed by atoms with E-state index in [9.17, 15) is 0 Å². The molecule has 0 spiro atoms. The van der Waals surface area contributed by atoms with E-state index in [1.54, 1.807) is 42.2 Å². The van der Waals surface area contributed by atoms with Gasteiger partial charge in [0.2, 0.25) is 0 Å². The quantitative estimate of drug-likeness (QED) is 0.282. The molecule has 0 radical (unpaired) electrons. The summed E-state index contributed by atoms with van der Waals surface area (Å²) < 4.78 is 2.09. The van der Waals surface area contributed by atoms with Crippen LogP contribution < -0.4 is 24.8 Å². The van der Waals surface area contributed by atoms with Gasteiger partial charge in [-0.3, -0.25) is 0 Å². The Labute approximate surface area is 276 Å². The number of halogens is 2. The van der Waals surface area contributed by atoms with Crippen molar-refractivity contribution in [3.63, 3.8) is 0 Å². The Morgan fingerprint density at radius 2 is 1.36 bits per heavy atom. The van der Waals surface area contributed by atoms with Gasteiger partial charge in [0, 0.05) is 0 Å². The Morgan fingerprint density at radius 3 is 1.88 bits per heavy atom. The molecular formula is C39H39Cl2Zr. The van der Waals surface area contributed by atoms with Crippen molar-refractivity contribution in [3.8, 4) is 11.1 Å². The van der Waals surface area contributed by atoms with Crippen LogP contribution in [0, 0.1) is 13.8 Å². The third-order valence-corrected chi connectivity index (χ3v) is 13.2. The van der Waals surface area contributed by atoms with Crippen LogP contribution in [0.15, 0.2) is 91.0 Å². The van der Waals surface area contributed by atoms with E-state index in [0.717, 1.165) is 25.7 Å². The maximum Gasteiger partial charge on any atom is -1.00 e. The van der Waals surface area contributed by atoms with E-state index in [0.29, 0.717) is 3.63 Å². The molecule has 42 heavy (non-hydrogen) atoms. The van der Waals surface area contributed by atoms with Crippen LogP contribution in [0.4, 0.5) is 0 Å². The van der Waals surface area contributed by atoms with Gasteiger partial charge in [0.25, 0.3) is 0 Å². The molecule has 0 saturated heterocycles. The van der Waals surface area contributed by atoms with Crippen LogP contribution in [0.25, 0.3) is 16.7 Å². The van der Waals surface area contributed by atoms with Gasteiger partial charge in [0.15, 0.2) is 0 Å². The van der Waals surface area contributed by atoms with Crippen molar-refractivity contribution < 1.29 is 47.6 Å². The van der Waals surface area contributed by atoms with Crippen LogP contribution in [0.1, 0.15) is 86.5 Å². The molecule has 0 aromatic heterocycles. The fourth-order valence-corrected chi connectivity index (χ4v) is 11.6. The first-order valence-electron chi connectivity index (χ1n) is 15.0. The molecule has 0 N–H and O–H groups in total. The van der Waals surface area contributed by atoms with Crippen molar-refractivity contribution >= 4 is 8.78 Å². The van der Waals surface area contributed by atoms with Crippen molar-refractivity contribution in [2.24, 2.45) is 0 Å². The molecule has 213 valence electrons. The number of rotatable bonds is 7. The molecular weight excluding hydrogens is 631 g/mol. The monoisotopic (exact) mass is 667 g/mol. The van der Waals surface area contributed by atoms with Crippen LogP contribution in [-0.4, -0.2) is 3.21 Å². The summed E-state index contributed by atoms with van der Waals surface area (Å²) in [4.78, 5) is 0. The Kier molecular flexibility index (Phi) is 10.9. The molecule has 2 aliphatic carbocycles. The molecule has 4 aromatic rings. The average Bonchev–Trinajstić information content (AvgIpc) is 3.62. The Hall–Kier alpha value is -2.31. The van der Waals surface area contributed by atoms with Gasteiger partial charge in [-0.15, -0.1) is 0 Å². The molecule has 2 aliphatic rings. The van der Waals surface area contributed by atoms with Gasteiger partial charge in [-0.05, 0) is 0 Å². The van der Waals surface area contributed by atoms with E-state index in [2.05, 4.69) is 126 Å². The maximum atomic E-state index is 2.55. The summed E-state index contributed by atoms with van der Waals surface area (Å²) in [5.41, 5.74) is 20.0. The zero-order valence-corrected chi connectivity index (χ0v) is 29.3. The van der Waals surface area contributed by atoms with Gasteiger partial charge in [-0.1, -0.05) is 0 Å². The summed E-state index contributed by atoms with van der Waals surface area (Å²) in [5, 5.41) is 0. The second-order valence-corrected chi connectivity index (χ2v) is 14.6. The fourth-order valence-electron chi connectivity index (χ4n) is 7.20. The van der Waals surface area contributed by atoms with E-state index in [-0.39, 0.29) is 24.8 Å². The van der Waals surface area contributed by atoms with Crippen LogP contribution in [0.3, 0.4) is 0 Å². The summed E-state index contributed by atoms with van der Waals surface area (Å²) >= 11 is -1.19. The molecule has 1 atom stereocenters. The summed E-state index contributed by atoms with van der Waals surface area (Å²) in [6, 6.07) is 27.5. The Balaban J connectivity index is 0.00000202. The maximum absolute atomic E-state index is 2.55. The van der Waals surface area contributed by atoms with Gasteiger partial charge in [-0.25, -0.2) is 0 Å². The third kappa shape index (κ3) is 5.66. The Bertz CT molecular complexity index is 1640. The van der Waals surface area contributed by atoms with Crippen molar-refractivity contribution in [2.45, 2.75) is 63.9 Å². The number of aryl methyl sites for hydroxylation is 2. The predicted octanol–water partition coefficient (Wildman–Crippen LogP) is 3.76. The number of hydrogen-bond acceptors (Lipinski definition) is 0. The standard InChI is InChI=1S/C26H29.C13H10.2ClH.Zr/c1-6-18-13-16(4)14-20-15-23-24(19-11-9-10-12-19)17(5)21(7-2)22(8-3)26(23)25(18)20;1-3-7-12(8-4-1)11-13-9-5-2-6-10-13;;;/h9-11,13-15H,6-8,12H2,1-5H3;1-10H;2*1H;/q;;;;+2/p-2. The van der Waals surface area contributed by atoms with Crippen LogP contribution in [-0.2, 0) is 42.0 Å². The van der Waals surface area contributed by atoms with Crippen molar-refractivity contribution in [2.75, 3.05) is 0 Å². The van der Waals surface area contributed by atoms with Crippen molar-refractivity contribution in [1.29, 1.82) is 0 Å². The largest absolute Gasteiger partial charge is 1.00 e. The van der Waals surface area contributed by atoms with E-state index in [1.165, 1.54) is 33.4 Å². The number of hydrogen-bond donors (Lipinski definition) is 0. The number of benzene rings is 4. The van der Waals surface area contributed by atoms with Gasteiger partial charge in [0.1, 0.15) is 0 Å². The molecule has 4 aromatic carbocycles. The van der Waals surface area contributed by atoms with E-state index in [1.807, 2.05) is 0 Å². The molecule has 0 amide bonds. The first-order chi connectivity index (χ1) is 19.6. The van der Waals surface area contributed by atoms with E-state index in [4.69, 9.17) is 0 Å². The number of fused-ring (bicyclic) bond motifs is 3. The minimum atomic E-state index is -1.19. The zero-order valence-electron chi connectivity index (χ0n) is 25.3. The molecule has 0 fully saturated rings. The van der Waals surface area contributed by atoms with Gasteiger partial charge < -0.3 is 24.8 Å². The first kappa shape index (κ1) is 32.6. The van der Waals surface area contributed by atoms with Gasteiger partial charge in [-0.2, -0.15) is 0 Å². The Morgan fingerprint density at radius 1 is 0.738 bits per heavy atom. The van der Waals surface area contributed by atoms with Crippen LogP contribution in [0.2, 0.25) is 0 Å². The summed E-state index contributed by atoms with van der Waals surface area (Å²) in [5.74, 6) is 0. The average molecular weight is 670 g/mol. The molecule has 0 heterocycles. The normalized spacial score (nSPS) is 14.3. The molecule has 0 saturated carbocycles. The molecule has 0 nitrogen and oxygen atoms in total. The molecule has 6 rings (SSSR count). The second-order valence-electron chi connectivity index (χ2n) is 11.2. The van der Waals surface area contributed by atoms with Crippen molar-refractivity contribution in [1.82, 2.24) is 0 Å². The number of allylic oxidation sites excluding steroid dienone is 4. The minimum absolute atomic E-state index is 0. The second kappa shape index (κ2) is 14.0. The molecule has 0 aliphatic heterocycles.